The standard InChI is InChI=1S/C40H38Cl2O2S/c1-23-19-27(20-24(2)37(23)43)35(25-9-13-29(41)14-10-25)33-17-18-34(45-33)36(26-11-15-30(42)16-12-26)28-21-31(39(3,4)5)38(44)32(22-28)40(6,7)8/h9-22H,1-8H3. The molecule has 1 aromatic heterocycles. The SMILES string of the molecule is CC1=CC(=C(c2ccc(Cl)cc2)c2ccc(C(=C3C=C(C(C)(C)C)C(=O)C(C(C)(C)C)=C3)c3ccc(Cl)cc3)s2)C=C(C)C1=O. The molecule has 3 aromatic rings. The maximum absolute atomic E-state index is 13.8. The zero-order valence-electron chi connectivity index (χ0n) is 27.1. The van der Waals surface area contributed by atoms with E-state index in [2.05, 4.69) is 65.8 Å². The van der Waals surface area contributed by atoms with Crippen molar-refractivity contribution < 1.29 is 9.59 Å². The molecule has 0 unspecified atom stereocenters. The van der Waals surface area contributed by atoms with Crippen LogP contribution in [0.4, 0.5) is 0 Å². The van der Waals surface area contributed by atoms with Gasteiger partial charge in [0.2, 0.25) is 0 Å². The van der Waals surface area contributed by atoms with E-state index < -0.39 is 0 Å². The Morgan fingerprint density at radius 1 is 0.533 bits per heavy atom. The van der Waals surface area contributed by atoms with Crippen LogP contribution in [-0.4, -0.2) is 11.6 Å². The summed E-state index contributed by atoms with van der Waals surface area (Å²) < 4.78 is 0. The van der Waals surface area contributed by atoms with Crippen molar-refractivity contribution in [3.05, 3.63) is 149 Å². The normalized spacial score (nSPS) is 15.9. The average Bonchev–Trinajstić information content (AvgIpc) is 3.42. The molecule has 0 spiro atoms. The van der Waals surface area contributed by atoms with Crippen LogP contribution in [0.15, 0.2) is 118 Å². The second-order valence-electron chi connectivity index (χ2n) is 13.8. The van der Waals surface area contributed by atoms with Crippen LogP contribution >= 0.6 is 34.5 Å². The van der Waals surface area contributed by atoms with Crippen LogP contribution in [0.1, 0.15) is 76.3 Å². The predicted molar refractivity (Wildman–Crippen MR) is 192 cm³/mol. The largest absolute Gasteiger partial charge is 0.289 e. The molecule has 2 aromatic carbocycles. The maximum atomic E-state index is 13.8. The first kappa shape index (κ1) is 32.9. The third-order valence-electron chi connectivity index (χ3n) is 8.11. The van der Waals surface area contributed by atoms with Gasteiger partial charge in [-0.05, 0) is 119 Å². The Balaban J connectivity index is 1.81. The first-order valence-electron chi connectivity index (χ1n) is 15.1. The minimum atomic E-state index is -0.336. The first-order chi connectivity index (χ1) is 21.0. The van der Waals surface area contributed by atoms with Gasteiger partial charge in [0, 0.05) is 42.1 Å². The topological polar surface area (TPSA) is 34.1 Å². The minimum Gasteiger partial charge on any atom is -0.289 e. The van der Waals surface area contributed by atoms with Crippen LogP contribution in [0.2, 0.25) is 10.0 Å². The summed E-state index contributed by atoms with van der Waals surface area (Å²) in [6, 6.07) is 20.0. The quantitative estimate of drug-likeness (QED) is 0.281. The molecule has 5 heteroatoms. The molecule has 0 N–H and O–H groups in total. The number of carbonyl (C=O) groups excluding carboxylic acids is 2. The second-order valence-corrected chi connectivity index (χ2v) is 15.7. The number of carbonyl (C=O) groups is 2. The Morgan fingerprint density at radius 3 is 1.24 bits per heavy atom. The van der Waals surface area contributed by atoms with Gasteiger partial charge in [-0.1, -0.05) is 89.0 Å². The Labute approximate surface area is 281 Å². The van der Waals surface area contributed by atoms with Crippen molar-refractivity contribution in [1.29, 1.82) is 0 Å². The number of benzene rings is 2. The summed E-state index contributed by atoms with van der Waals surface area (Å²) in [5.41, 5.74) is 8.42. The molecule has 0 saturated carbocycles. The van der Waals surface area contributed by atoms with E-state index in [0.717, 1.165) is 54.3 Å². The zero-order valence-corrected chi connectivity index (χ0v) is 29.4. The highest BCUT2D eigenvalue weighted by Crippen LogP contribution is 2.44. The monoisotopic (exact) mass is 652 g/mol. The van der Waals surface area contributed by atoms with E-state index in [1.54, 1.807) is 11.3 Å². The third kappa shape index (κ3) is 6.87. The lowest BCUT2D eigenvalue weighted by Crippen LogP contribution is -2.28. The van der Waals surface area contributed by atoms with Gasteiger partial charge in [0.05, 0.1) is 0 Å². The van der Waals surface area contributed by atoms with Gasteiger partial charge in [-0.15, -0.1) is 11.3 Å². The van der Waals surface area contributed by atoms with Crippen molar-refractivity contribution >= 4 is 57.3 Å². The molecule has 0 saturated heterocycles. The maximum Gasteiger partial charge on any atom is 0.186 e. The van der Waals surface area contributed by atoms with Crippen molar-refractivity contribution in [2.45, 2.75) is 55.4 Å². The number of Topliss-reactive ketones (excluding diaryl/α,β-unsaturated/α-hetero) is 2. The van der Waals surface area contributed by atoms with Gasteiger partial charge in [0.1, 0.15) is 0 Å². The number of hydrogen-bond donors (Lipinski definition) is 0. The molecule has 1 heterocycles. The summed E-state index contributed by atoms with van der Waals surface area (Å²) in [6.45, 7) is 16.3. The van der Waals surface area contributed by atoms with Crippen LogP contribution in [0, 0.1) is 10.8 Å². The number of rotatable bonds is 4. The van der Waals surface area contributed by atoms with E-state index in [0.29, 0.717) is 21.2 Å². The summed E-state index contributed by atoms with van der Waals surface area (Å²) in [4.78, 5) is 28.6. The van der Waals surface area contributed by atoms with Crippen LogP contribution < -0.4 is 0 Å². The van der Waals surface area contributed by atoms with Crippen molar-refractivity contribution in [3.8, 4) is 0 Å². The molecule has 2 aliphatic rings. The zero-order chi connectivity index (χ0) is 32.8. The summed E-state index contributed by atoms with van der Waals surface area (Å²) in [7, 11) is 0. The summed E-state index contributed by atoms with van der Waals surface area (Å²) in [5.74, 6) is 0.164. The highest BCUT2D eigenvalue weighted by molar-refractivity contribution is 7.14. The van der Waals surface area contributed by atoms with Crippen LogP contribution in [0.5, 0.6) is 0 Å². The van der Waals surface area contributed by atoms with E-state index >= 15 is 0 Å². The third-order valence-corrected chi connectivity index (χ3v) is 9.73. The predicted octanol–water partition coefficient (Wildman–Crippen LogP) is 11.7. The highest BCUT2D eigenvalue weighted by atomic mass is 35.5. The van der Waals surface area contributed by atoms with Crippen LogP contribution in [0.25, 0.3) is 11.1 Å². The van der Waals surface area contributed by atoms with E-state index in [9.17, 15) is 9.59 Å². The van der Waals surface area contributed by atoms with Gasteiger partial charge in [0.25, 0.3) is 0 Å². The molecule has 0 bridgehead atoms. The summed E-state index contributed by atoms with van der Waals surface area (Å²) >= 11 is 14.3. The number of allylic oxidation sites excluding steroid dienone is 10. The molecule has 0 atom stereocenters. The van der Waals surface area contributed by atoms with E-state index in [1.165, 1.54) is 0 Å². The Hall–Kier alpha value is -3.50. The number of thiophene rings is 1. The number of halogens is 2. The Kier molecular flexibility index (Phi) is 9.03. The van der Waals surface area contributed by atoms with Gasteiger partial charge in [0.15, 0.2) is 11.6 Å². The Bertz CT molecular complexity index is 1830. The fraction of sp³-hybridized carbons (Fsp3) is 0.250. The molecule has 0 radical (unpaired) electrons. The fourth-order valence-electron chi connectivity index (χ4n) is 5.72. The lowest BCUT2D eigenvalue weighted by molar-refractivity contribution is -0.114. The minimum absolute atomic E-state index is 0.0607. The lowest BCUT2D eigenvalue weighted by atomic mass is 9.71. The van der Waals surface area contributed by atoms with Gasteiger partial charge in [-0.3, -0.25) is 9.59 Å². The molecule has 5 rings (SSSR count). The molecular formula is C40H38Cl2O2S. The molecule has 0 amide bonds. The highest BCUT2D eigenvalue weighted by Gasteiger charge is 2.35. The summed E-state index contributed by atoms with van der Waals surface area (Å²) in [6.07, 6.45) is 8.09. The van der Waals surface area contributed by atoms with Gasteiger partial charge < -0.3 is 0 Å². The van der Waals surface area contributed by atoms with Crippen LogP contribution in [0.3, 0.4) is 0 Å². The van der Waals surface area contributed by atoms with E-state index in [1.807, 2.05) is 74.5 Å². The smallest absolute Gasteiger partial charge is 0.186 e. The summed E-state index contributed by atoms with van der Waals surface area (Å²) in [5, 5.41) is 1.33. The molecule has 2 nitrogen and oxygen atoms in total. The molecule has 0 fully saturated rings. The van der Waals surface area contributed by atoms with Crippen molar-refractivity contribution in [3.63, 3.8) is 0 Å². The van der Waals surface area contributed by atoms with Crippen LogP contribution in [-0.2, 0) is 9.59 Å². The number of ketones is 2. The van der Waals surface area contributed by atoms with Gasteiger partial charge >= 0.3 is 0 Å². The first-order valence-corrected chi connectivity index (χ1v) is 16.6. The van der Waals surface area contributed by atoms with Crippen molar-refractivity contribution in [2.24, 2.45) is 10.8 Å². The van der Waals surface area contributed by atoms with E-state index in [-0.39, 0.29) is 22.4 Å². The van der Waals surface area contributed by atoms with Crippen molar-refractivity contribution in [2.75, 3.05) is 0 Å². The average molecular weight is 654 g/mol. The number of hydrogen-bond acceptors (Lipinski definition) is 3. The fourth-order valence-corrected chi connectivity index (χ4v) is 7.16. The Morgan fingerprint density at radius 2 is 0.889 bits per heavy atom. The second kappa shape index (κ2) is 12.4. The molecular weight excluding hydrogens is 615 g/mol. The molecule has 230 valence electrons. The van der Waals surface area contributed by atoms with Gasteiger partial charge in [-0.2, -0.15) is 0 Å². The van der Waals surface area contributed by atoms with Crippen molar-refractivity contribution in [1.82, 2.24) is 0 Å². The molecule has 0 aliphatic heterocycles. The molecule has 2 aliphatic carbocycles. The lowest BCUT2D eigenvalue weighted by Gasteiger charge is -2.32. The van der Waals surface area contributed by atoms with Gasteiger partial charge in [-0.25, -0.2) is 0 Å². The molecule has 45 heavy (non-hydrogen) atoms. The van der Waals surface area contributed by atoms with E-state index in [4.69, 9.17) is 23.2 Å².